The largest absolute Gasteiger partial charge is 0.420 e. The summed E-state index contributed by atoms with van der Waals surface area (Å²) < 4.78 is 42.6. The van der Waals surface area contributed by atoms with Gasteiger partial charge in [-0.2, -0.15) is 0 Å². The fraction of sp³-hybridized carbons (Fsp3) is 0.571. The molecule has 0 amide bonds. The molecule has 12 heteroatoms. The second-order valence-corrected chi connectivity index (χ2v) is 11.1. The Bertz CT molecular complexity index is 1290. The lowest BCUT2D eigenvalue weighted by molar-refractivity contribution is -0.120. The van der Waals surface area contributed by atoms with Crippen molar-refractivity contribution < 1.29 is 17.6 Å². The van der Waals surface area contributed by atoms with Gasteiger partial charge in [0.25, 0.3) is 5.89 Å². The number of nitrogens with one attached hydrogen (secondary N) is 2. The maximum atomic E-state index is 13.5. The second-order valence-electron chi connectivity index (χ2n) is 9.37. The van der Waals surface area contributed by atoms with Crippen molar-refractivity contribution in [3.05, 3.63) is 24.4 Å². The van der Waals surface area contributed by atoms with E-state index in [-0.39, 0.29) is 29.0 Å². The molecule has 2 N–H and O–H groups in total. The van der Waals surface area contributed by atoms with Gasteiger partial charge in [-0.15, -0.1) is 10.2 Å². The van der Waals surface area contributed by atoms with E-state index >= 15 is 0 Å². The third-order valence-electron chi connectivity index (χ3n) is 6.41. The molecule has 2 aliphatic rings. The Morgan fingerprint density at radius 2 is 1.94 bits per heavy atom. The molecule has 3 aromatic rings. The Hall–Kier alpha value is -2.54. The van der Waals surface area contributed by atoms with Crippen LogP contribution in [0.5, 0.6) is 0 Å². The molecule has 11 nitrogen and oxygen atoms in total. The molecule has 5 rings (SSSR count). The van der Waals surface area contributed by atoms with Crippen molar-refractivity contribution in [2.75, 3.05) is 24.6 Å². The topological polar surface area (TPSA) is 127 Å². The maximum Gasteiger partial charge on any atom is 0.266 e. The van der Waals surface area contributed by atoms with E-state index in [1.165, 1.54) is 0 Å². The number of hydrogen-bond donors (Lipinski definition) is 2. The van der Waals surface area contributed by atoms with Crippen molar-refractivity contribution in [1.82, 2.24) is 29.6 Å². The van der Waals surface area contributed by atoms with Gasteiger partial charge in [0.15, 0.2) is 5.65 Å². The zero-order valence-corrected chi connectivity index (χ0v) is 20.2. The number of aryl methyl sites for hydroxylation is 1. The Labute approximate surface area is 192 Å². The summed E-state index contributed by atoms with van der Waals surface area (Å²) >= 11 is 0. The lowest BCUT2D eigenvalue weighted by Crippen LogP contribution is -2.65. The van der Waals surface area contributed by atoms with Gasteiger partial charge in [0.05, 0.1) is 30.1 Å². The first kappa shape index (κ1) is 22.3. The molecule has 2 aliphatic heterocycles. The van der Waals surface area contributed by atoms with Gasteiger partial charge in [0, 0.05) is 38.3 Å². The second kappa shape index (κ2) is 7.76. The number of pyridine rings is 1. The lowest BCUT2D eigenvalue weighted by atomic mass is 9.93. The van der Waals surface area contributed by atoms with Crippen LogP contribution in [-0.2, 0) is 14.8 Å². The van der Waals surface area contributed by atoms with Crippen LogP contribution in [-0.4, -0.2) is 71.4 Å². The molecule has 0 radical (unpaired) electrons. The van der Waals surface area contributed by atoms with Crippen LogP contribution in [0.2, 0.25) is 0 Å². The number of piperazine rings is 1. The number of ether oxygens (including phenoxy) is 1. The van der Waals surface area contributed by atoms with Gasteiger partial charge in [0.2, 0.25) is 15.9 Å². The van der Waals surface area contributed by atoms with E-state index in [4.69, 9.17) is 9.15 Å². The first-order valence-corrected chi connectivity index (χ1v) is 12.5. The fourth-order valence-corrected chi connectivity index (χ4v) is 5.95. The molecule has 4 atom stereocenters. The zero-order chi connectivity index (χ0) is 23.5. The van der Waals surface area contributed by atoms with E-state index in [0.29, 0.717) is 23.8 Å². The third-order valence-corrected chi connectivity index (χ3v) is 7.99. The predicted molar refractivity (Wildman–Crippen MR) is 122 cm³/mol. The highest BCUT2D eigenvalue weighted by atomic mass is 32.2. The molecule has 3 aromatic heterocycles. The molecule has 0 saturated carbocycles. The first-order valence-electron chi connectivity index (χ1n) is 11.0. The van der Waals surface area contributed by atoms with Crippen molar-refractivity contribution in [1.29, 1.82) is 0 Å². The van der Waals surface area contributed by atoms with Crippen molar-refractivity contribution >= 4 is 21.4 Å². The first-order chi connectivity index (χ1) is 15.6. The van der Waals surface area contributed by atoms with Gasteiger partial charge in [-0.3, -0.25) is 4.40 Å². The van der Waals surface area contributed by atoms with E-state index < -0.39 is 15.6 Å². The Kier molecular flexibility index (Phi) is 5.23. The number of anilines is 1. The number of aromatic nitrogens is 4. The highest BCUT2D eigenvalue weighted by Crippen LogP contribution is 2.32. The van der Waals surface area contributed by atoms with Gasteiger partial charge >= 0.3 is 0 Å². The fourth-order valence-electron chi connectivity index (χ4n) is 4.48. The summed E-state index contributed by atoms with van der Waals surface area (Å²) in [5, 5.41) is 11.5. The molecule has 5 heterocycles. The minimum Gasteiger partial charge on any atom is -0.420 e. The van der Waals surface area contributed by atoms with Gasteiger partial charge in [-0.1, -0.05) is 0 Å². The molecule has 2 saturated heterocycles. The monoisotopic (exact) mass is 475 g/mol. The molecule has 33 heavy (non-hydrogen) atoms. The average molecular weight is 476 g/mol. The summed E-state index contributed by atoms with van der Waals surface area (Å²) in [5.74, 6) is 0.700. The Balaban J connectivity index is 1.66. The summed E-state index contributed by atoms with van der Waals surface area (Å²) in [6.07, 6.45) is 2.98. The van der Waals surface area contributed by atoms with E-state index in [2.05, 4.69) is 44.0 Å². The molecular weight excluding hydrogens is 446 g/mol. The van der Waals surface area contributed by atoms with Gasteiger partial charge in [-0.05, 0) is 33.8 Å². The third kappa shape index (κ3) is 3.90. The molecule has 0 bridgehead atoms. The van der Waals surface area contributed by atoms with Crippen LogP contribution in [0.15, 0.2) is 27.8 Å². The van der Waals surface area contributed by atoms with Crippen molar-refractivity contribution in [2.24, 2.45) is 0 Å². The number of sulfonamides is 1. The summed E-state index contributed by atoms with van der Waals surface area (Å²) in [6.45, 7) is 11.4. The average Bonchev–Trinajstić information content (AvgIpc) is 3.36. The predicted octanol–water partition coefficient (Wildman–Crippen LogP) is 1.34. The SMILES string of the molecule is Cc1nnc(-c2cnc3c(N4C[C@H](C)N[C@@H](C)C4)cc(S(=O)(=O)NC4(C)COC4C)cn23)o1. The molecule has 0 aliphatic carbocycles. The minimum atomic E-state index is -3.85. The smallest absolute Gasteiger partial charge is 0.266 e. The quantitative estimate of drug-likeness (QED) is 0.562. The van der Waals surface area contributed by atoms with E-state index in [1.54, 1.807) is 29.8 Å². The molecular formula is C21H29N7O4S. The van der Waals surface area contributed by atoms with E-state index in [1.807, 2.05) is 13.8 Å². The number of nitrogens with zero attached hydrogens (tertiary/aromatic N) is 5. The minimum absolute atomic E-state index is 0.139. The van der Waals surface area contributed by atoms with Crippen LogP contribution >= 0.6 is 0 Å². The highest BCUT2D eigenvalue weighted by molar-refractivity contribution is 7.89. The summed E-state index contributed by atoms with van der Waals surface area (Å²) in [7, 11) is -3.85. The summed E-state index contributed by atoms with van der Waals surface area (Å²) in [4.78, 5) is 6.92. The van der Waals surface area contributed by atoms with Crippen molar-refractivity contribution in [2.45, 2.75) is 63.2 Å². The summed E-state index contributed by atoms with van der Waals surface area (Å²) in [5.41, 5.74) is 1.25. The van der Waals surface area contributed by atoms with Crippen LogP contribution in [0, 0.1) is 6.92 Å². The van der Waals surface area contributed by atoms with Crippen LogP contribution in [0.25, 0.3) is 17.2 Å². The Morgan fingerprint density at radius 1 is 1.21 bits per heavy atom. The summed E-state index contributed by atoms with van der Waals surface area (Å²) in [6, 6.07) is 2.19. The van der Waals surface area contributed by atoms with Gasteiger partial charge < -0.3 is 19.4 Å². The molecule has 2 fully saturated rings. The van der Waals surface area contributed by atoms with Gasteiger partial charge in [-0.25, -0.2) is 18.1 Å². The zero-order valence-electron chi connectivity index (χ0n) is 19.4. The molecule has 0 spiro atoms. The van der Waals surface area contributed by atoms with E-state index in [9.17, 15) is 8.42 Å². The normalized spacial score (nSPS) is 28.3. The van der Waals surface area contributed by atoms with Crippen LogP contribution in [0.3, 0.4) is 0 Å². The number of fused-ring (bicyclic) bond motifs is 1. The maximum absolute atomic E-state index is 13.5. The molecule has 0 aromatic carbocycles. The van der Waals surface area contributed by atoms with Gasteiger partial charge in [0.1, 0.15) is 10.6 Å². The molecule has 178 valence electrons. The lowest BCUT2D eigenvalue weighted by Gasteiger charge is -2.45. The highest BCUT2D eigenvalue weighted by Gasteiger charge is 2.44. The van der Waals surface area contributed by atoms with Crippen LogP contribution in [0.1, 0.15) is 33.6 Å². The standard InChI is InChI=1S/C21H29N7O4S/c1-12-8-27(9-13(2)23-12)17-6-16(33(29,30)26-21(5)11-31-14(21)3)10-28-18(7-22-19(17)28)20-25-24-15(4)32-20/h6-7,10,12-14,23,26H,8-9,11H2,1-5H3/t12-,13-,14?,21?/m0/s1. The van der Waals surface area contributed by atoms with Crippen molar-refractivity contribution in [3.8, 4) is 11.6 Å². The van der Waals surface area contributed by atoms with Crippen LogP contribution in [0.4, 0.5) is 5.69 Å². The van der Waals surface area contributed by atoms with Crippen molar-refractivity contribution in [3.63, 3.8) is 0 Å². The number of rotatable bonds is 5. The Morgan fingerprint density at radius 3 is 2.52 bits per heavy atom. The molecule has 2 unspecified atom stereocenters. The van der Waals surface area contributed by atoms with Crippen LogP contribution < -0.4 is 14.9 Å². The van der Waals surface area contributed by atoms with E-state index in [0.717, 1.165) is 18.8 Å². The number of imidazole rings is 1. The number of hydrogen-bond acceptors (Lipinski definition) is 9.